The maximum atomic E-state index is 7.03. The summed E-state index contributed by atoms with van der Waals surface area (Å²) in [7, 11) is 0. The van der Waals surface area contributed by atoms with E-state index >= 15 is 0 Å². The number of para-hydroxylation sites is 2. The van der Waals surface area contributed by atoms with E-state index in [1.54, 1.807) is 0 Å². The average Bonchev–Trinajstić information content (AvgIpc) is 3.86. The molecule has 0 N–H and O–H groups in total. The third-order valence-electron chi connectivity index (χ3n) is 10.8. The molecule has 3 aromatic heterocycles. The molecule has 10 aromatic rings. The summed E-state index contributed by atoms with van der Waals surface area (Å²) in [5.74, 6) is 1.81. The highest BCUT2D eigenvalue weighted by Crippen LogP contribution is 2.46. The van der Waals surface area contributed by atoms with E-state index in [0.717, 1.165) is 62.6 Å². The third kappa shape index (κ3) is 5.55. The summed E-state index contributed by atoms with van der Waals surface area (Å²) in [5, 5.41) is 4.59. The summed E-state index contributed by atoms with van der Waals surface area (Å²) in [6, 6.07) is 55.4. The van der Waals surface area contributed by atoms with E-state index in [4.69, 9.17) is 19.4 Å². The van der Waals surface area contributed by atoms with Crippen LogP contribution in [0, 0.1) is 0 Å². The van der Waals surface area contributed by atoms with Crippen molar-refractivity contribution in [3.63, 3.8) is 0 Å². The minimum Gasteiger partial charge on any atom is -0.455 e. The van der Waals surface area contributed by atoms with Crippen molar-refractivity contribution in [2.45, 2.75) is 12.8 Å². The Bertz CT molecular complexity index is 3130. The topological polar surface area (TPSA) is 51.8 Å². The number of allylic oxidation sites excluding steroid dienone is 4. The van der Waals surface area contributed by atoms with Crippen molar-refractivity contribution in [1.29, 1.82) is 0 Å². The zero-order valence-corrected chi connectivity index (χ0v) is 31.1. The van der Waals surface area contributed by atoms with Gasteiger partial charge in [0, 0.05) is 53.2 Å². The van der Waals surface area contributed by atoms with Gasteiger partial charge in [0.2, 0.25) is 0 Å². The van der Waals surface area contributed by atoms with Crippen molar-refractivity contribution in [1.82, 2.24) is 15.0 Å². The number of hydrogen-bond donors (Lipinski definition) is 0. The maximum Gasteiger partial charge on any atom is 0.167 e. The molecule has 0 fully saturated rings. The third-order valence-corrected chi connectivity index (χ3v) is 12.0. The fourth-order valence-corrected chi connectivity index (χ4v) is 9.30. The molecule has 3 heterocycles. The molecular formula is C51H33N3OS. The van der Waals surface area contributed by atoms with Gasteiger partial charge < -0.3 is 4.42 Å². The van der Waals surface area contributed by atoms with Gasteiger partial charge in [0.1, 0.15) is 11.2 Å². The Hall–Kier alpha value is -6.95. The van der Waals surface area contributed by atoms with Crippen LogP contribution in [0.5, 0.6) is 0 Å². The highest BCUT2D eigenvalue weighted by molar-refractivity contribution is 7.26. The van der Waals surface area contributed by atoms with Gasteiger partial charge in [-0.25, -0.2) is 15.0 Å². The molecule has 0 saturated carbocycles. The Morgan fingerprint density at radius 3 is 1.79 bits per heavy atom. The number of hydrogen-bond acceptors (Lipinski definition) is 5. The van der Waals surface area contributed by atoms with Crippen LogP contribution in [-0.2, 0) is 0 Å². The zero-order chi connectivity index (χ0) is 37.0. The first-order valence-electron chi connectivity index (χ1n) is 19.0. The Balaban J connectivity index is 1.12. The molecule has 0 saturated heterocycles. The predicted octanol–water partition coefficient (Wildman–Crippen LogP) is 14.2. The fraction of sp³-hybridized carbons (Fsp3) is 0.0392. The second kappa shape index (κ2) is 13.4. The molecule has 0 radical (unpaired) electrons. The summed E-state index contributed by atoms with van der Waals surface area (Å²) >= 11 is 1.87. The van der Waals surface area contributed by atoms with Crippen molar-refractivity contribution in [2.24, 2.45) is 0 Å². The van der Waals surface area contributed by atoms with Crippen LogP contribution < -0.4 is 0 Å². The molecule has 4 nitrogen and oxygen atoms in total. The van der Waals surface area contributed by atoms with Crippen molar-refractivity contribution in [2.75, 3.05) is 0 Å². The second-order valence-electron chi connectivity index (χ2n) is 14.2. The van der Waals surface area contributed by atoms with Crippen molar-refractivity contribution < 1.29 is 4.42 Å². The van der Waals surface area contributed by atoms with E-state index < -0.39 is 0 Å². The first-order chi connectivity index (χ1) is 27.7. The number of aromatic nitrogens is 3. The van der Waals surface area contributed by atoms with Crippen LogP contribution in [0.25, 0.3) is 104 Å². The lowest BCUT2D eigenvalue weighted by Crippen LogP contribution is -2.00. The number of thiophene rings is 1. The summed E-state index contributed by atoms with van der Waals surface area (Å²) in [5.41, 5.74) is 11.5. The number of rotatable bonds is 6. The van der Waals surface area contributed by atoms with E-state index in [0.29, 0.717) is 17.5 Å². The lowest BCUT2D eigenvalue weighted by molar-refractivity contribution is 0.670. The molecule has 11 rings (SSSR count). The van der Waals surface area contributed by atoms with Gasteiger partial charge in [0.25, 0.3) is 0 Å². The summed E-state index contributed by atoms with van der Waals surface area (Å²) in [6.07, 6.45) is 8.81. The van der Waals surface area contributed by atoms with Gasteiger partial charge in [-0.3, -0.25) is 0 Å². The van der Waals surface area contributed by atoms with E-state index in [-0.39, 0.29) is 0 Å². The molecule has 56 heavy (non-hydrogen) atoms. The minimum absolute atomic E-state index is 0.570. The van der Waals surface area contributed by atoms with Gasteiger partial charge in [-0.2, -0.15) is 0 Å². The molecule has 5 heteroatoms. The predicted molar refractivity (Wildman–Crippen MR) is 234 cm³/mol. The van der Waals surface area contributed by atoms with Gasteiger partial charge in [0.05, 0.1) is 5.56 Å². The van der Waals surface area contributed by atoms with E-state index in [1.807, 2.05) is 72.0 Å². The summed E-state index contributed by atoms with van der Waals surface area (Å²) in [6.45, 7) is 0. The molecule has 264 valence electrons. The zero-order valence-electron chi connectivity index (χ0n) is 30.3. The molecule has 7 aromatic carbocycles. The van der Waals surface area contributed by atoms with Crippen LogP contribution in [0.1, 0.15) is 18.4 Å². The number of furan rings is 1. The number of fused-ring (bicyclic) bond motifs is 6. The van der Waals surface area contributed by atoms with Gasteiger partial charge in [-0.05, 0) is 65.4 Å². The average molecular weight is 736 g/mol. The molecule has 0 atom stereocenters. The van der Waals surface area contributed by atoms with Gasteiger partial charge in [-0.1, -0.05) is 146 Å². The van der Waals surface area contributed by atoms with E-state index in [2.05, 4.69) is 115 Å². The Morgan fingerprint density at radius 2 is 1.05 bits per heavy atom. The normalized spacial score (nSPS) is 12.9. The first-order valence-corrected chi connectivity index (χ1v) is 19.8. The van der Waals surface area contributed by atoms with E-state index in [1.165, 1.54) is 42.4 Å². The Kier molecular flexibility index (Phi) is 7.78. The first kappa shape index (κ1) is 32.5. The molecule has 0 bridgehead atoms. The Morgan fingerprint density at radius 1 is 0.446 bits per heavy atom. The highest BCUT2D eigenvalue weighted by atomic mass is 32.1. The quantitative estimate of drug-likeness (QED) is 0.171. The lowest BCUT2D eigenvalue weighted by atomic mass is 9.92. The van der Waals surface area contributed by atoms with Crippen LogP contribution in [0.4, 0.5) is 0 Å². The van der Waals surface area contributed by atoms with Gasteiger partial charge >= 0.3 is 0 Å². The largest absolute Gasteiger partial charge is 0.455 e. The van der Waals surface area contributed by atoms with Crippen molar-refractivity contribution in [3.05, 3.63) is 182 Å². The molecule has 0 spiro atoms. The molecule has 0 unspecified atom stereocenters. The number of nitrogens with zero attached hydrogens (tertiary/aromatic N) is 3. The SMILES string of the molecule is C1=CCCC(c2cccc(-c3cc(-c4cccc5c4oc4c(-c6nc(-c7ccccc7)nc(-c7ccccc7)n6)cccc45)cc4c3sc3ccccc34)c2)=C1. The standard InChI is InChI=1S/C51H33N3OS/c1-4-15-32(16-5-1)35-21-12-22-36(29-35)43-30-37(31-44-39-23-10-11-28-45(39)56-48(43)44)38-24-13-25-40-41-26-14-27-42(47(41)55-46(38)40)51-53-49(33-17-6-2-7-18-33)52-50(54-51)34-19-8-3-9-20-34/h1-4,6-15,17-31H,5,16H2. The maximum absolute atomic E-state index is 7.03. The number of benzene rings is 7. The van der Waals surface area contributed by atoms with Crippen LogP contribution in [-0.4, -0.2) is 15.0 Å². The van der Waals surface area contributed by atoms with Gasteiger partial charge in [0.15, 0.2) is 17.5 Å². The fourth-order valence-electron chi connectivity index (χ4n) is 8.08. The van der Waals surface area contributed by atoms with Crippen LogP contribution in [0.15, 0.2) is 180 Å². The van der Waals surface area contributed by atoms with E-state index in [9.17, 15) is 0 Å². The molecule has 0 aliphatic heterocycles. The molecule has 0 amide bonds. The molecular weight excluding hydrogens is 703 g/mol. The van der Waals surface area contributed by atoms with Crippen LogP contribution >= 0.6 is 11.3 Å². The van der Waals surface area contributed by atoms with Crippen LogP contribution in [0.2, 0.25) is 0 Å². The second-order valence-corrected chi connectivity index (χ2v) is 15.3. The van der Waals surface area contributed by atoms with Gasteiger partial charge in [-0.15, -0.1) is 11.3 Å². The smallest absolute Gasteiger partial charge is 0.167 e. The summed E-state index contributed by atoms with van der Waals surface area (Å²) < 4.78 is 9.60. The minimum atomic E-state index is 0.570. The van der Waals surface area contributed by atoms with Crippen molar-refractivity contribution >= 4 is 59.0 Å². The summed E-state index contributed by atoms with van der Waals surface area (Å²) in [4.78, 5) is 15.0. The molecule has 1 aliphatic rings. The Labute approximate surface area is 327 Å². The highest BCUT2D eigenvalue weighted by Gasteiger charge is 2.21. The van der Waals surface area contributed by atoms with Crippen molar-refractivity contribution in [3.8, 4) is 56.4 Å². The van der Waals surface area contributed by atoms with Crippen LogP contribution in [0.3, 0.4) is 0 Å². The monoisotopic (exact) mass is 735 g/mol. The lowest BCUT2D eigenvalue weighted by Gasteiger charge is -2.13. The molecule has 1 aliphatic carbocycles.